The van der Waals surface area contributed by atoms with Gasteiger partial charge in [-0.15, -0.1) is 0 Å². The maximum absolute atomic E-state index is 12.8. The molecule has 0 saturated carbocycles. The fraction of sp³-hybridized carbons (Fsp3) is 0.0769. The molecular formula is C26H22N2O6S. The highest BCUT2D eigenvalue weighted by molar-refractivity contribution is 7.90. The first-order chi connectivity index (χ1) is 16.9. The summed E-state index contributed by atoms with van der Waals surface area (Å²) in [6.07, 6.45) is 1.27. The number of benzene rings is 3. The summed E-state index contributed by atoms with van der Waals surface area (Å²) in [5.74, 6) is -0.875. The zero-order valence-corrected chi connectivity index (χ0v) is 19.5. The molecule has 3 aromatic carbocycles. The average Bonchev–Trinajstić information content (AvgIpc) is 3.33. The minimum Gasteiger partial charge on any atom is -0.495 e. The molecule has 9 heteroatoms. The van der Waals surface area contributed by atoms with Gasteiger partial charge in [-0.1, -0.05) is 30.3 Å². The molecule has 4 aromatic rings. The molecule has 0 bridgehead atoms. The number of sulfone groups is 1. The van der Waals surface area contributed by atoms with Gasteiger partial charge in [-0.2, -0.15) is 0 Å². The molecular weight excluding hydrogens is 468 g/mol. The summed E-state index contributed by atoms with van der Waals surface area (Å²) in [4.78, 5) is 25.5. The fourth-order valence-electron chi connectivity index (χ4n) is 3.40. The lowest BCUT2D eigenvalue weighted by Gasteiger charge is -2.10. The third kappa shape index (κ3) is 5.59. The molecule has 0 spiro atoms. The number of carbonyl (C=O) groups is 2. The molecule has 0 unspecified atom stereocenters. The van der Waals surface area contributed by atoms with Crippen molar-refractivity contribution in [2.45, 2.75) is 10.6 Å². The van der Waals surface area contributed by atoms with Gasteiger partial charge in [0, 0.05) is 16.8 Å². The van der Waals surface area contributed by atoms with Gasteiger partial charge in [-0.25, -0.2) is 8.42 Å². The Morgan fingerprint density at radius 3 is 2.23 bits per heavy atom. The Hall–Kier alpha value is -4.37. The van der Waals surface area contributed by atoms with E-state index in [4.69, 9.17) is 9.15 Å². The number of carbonyl (C=O) groups excluding carboxylic acids is 2. The third-order valence-corrected chi connectivity index (χ3v) is 6.84. The van der Waals surface area contributed by atoms with E-state index in [1.54, 1.807) is 66.7 Å². The van der Waals surface area contributed by atoms with Gasteiger partial charge in [0.15, 0.2) is 15.6 Å². The smallest absolute Gasteiger partial charge is 0.291 e. The van der Waals surface area contributed by atoms with Crippen LogP contribution in [-0.2, 0) is 15.6 Å². The number of hydrogen-bond acceptors (Lipinski definition) is 6. The summed E-state index contributed by atoms with van der Waals surface area (Å²) >= 11 is 0. The Balaban J connectivity index is 1.43. The van der Waals surface area contributed by atoms with Crippen LogP contribution >= 0.6 is 0 Å². The van der Waals surface area contributed by atoms with Crippen molar-refractivity contribution in [1.29, 1.82) is 0 Å². The lowest BCUT2D eigenvalue weighted by atomic mass is 10.1. The first kappa shape index (κ1) is 23.8. The van der Waals surface area contributed by atoms with Crippen molar-refractivity contribution in [1.82, 2.24) is 0 Å². The summed E-state index contributed by atoms with van der Waals surface area (Å²) in [6.45, 7) is 0. The van der Waals surface area contributed by atoms with Crippen LogP contribution in [0.2, 0.25) is 0 Å². The topological polar surface area (TPSA) is 115 Å². The second kappa shape index (κ2) is 10.3. The quantitative estimate of drug-likeness (QED) is 0.368. The van der Waals surface area contributed by atoms with Crippen molar-refractivity contribution < 1.29 is 27.2 Å². The van der Waals surface area contributed by atoms with E-state index in [-0.39, 0.29) is 27.9 Å². The number of nitrogens with one attached hydrogen (secondary N) is 2. The van der Waals surface area contributed by atoms with Crippen LogP contribution in [0.25, 0.3) is 0 Å². The number of para-hydroxylation sites is 2. The van der Waals surface area contributed by atoms with E-state index in [1.165, 1.54) is 31.6 Å². The van der Waals surface area contributed by atoms with Crippen molar-refractivity contribution in [2.24, 2.45) is 0 Å². The van der Waals surface area contributed by atoms with Crippen LogP contribution in [-0.4, -0.2) is 27.3 Å². The first-order valence-corrected chi connectivity index (χ1v) is 12.2. The predicted octanol–water partition coefficient (Wildman–Crippen LogP) is 4.77. The molecule has 2 N–H and O–H groups in total. The van der Waals surface area contributed by atoms with Gasteiger partial charge in [-0.3, -0.25) is 9.59 Å². The Labute approximate surface area is 202 Å². The molecule has 35 heavy (non-hydrogen) atoms. The molecule has 1 aromatic heterocycles. The highest BCUT2D eigenvalue weighted by atomic mass is 32.2. The van der Waals surface area contributed by atoms with Crippen LogP contribution in [0.5, 0.6) is 5.75 Å². The Bertz CT molecular complexity index is 1440. The number of amides is 2. The summed E-state index contributed by atoms with van der Waals surface area (Å²) < 4.78 is 35.9. The molecule has 1 heterocycles. The van der Waals surface area contributed by atoms with Crippen molar-refractivity contribution in [3.8, 4) is 5.75 Å². The standard InChI is InChI=1S/C26H22N2O6S/c1-33-23-10-6-5-9-22(23)28-25(29)18-11-13-20(14-12-18)27-26(30)24-19(15-16-34-24)17-35(31,32)21-7-3-2-4-8-21/h2-16H,17H2,1H3,(H,27,30)(H,28,29). The van der Waals surface area contributed by atoms with Crippen molar-refractivity contribution in [2.75, 3.05) is 17.7 Å². The highest BCUT2D eigenvalue weighted by Crippen LogP contribution is 2.24. The van der Waals surface area contributed by atoms with Crippen LogP contribution in [0.3, 0.4) is 0 Å². The van der Waals surface area contributed by atoms with Crippen LogP contribution in [0.1, 0.15) is 26.5 Å². The van der Waals surface area contributed by atoms with Gasteiger partial charge < -0.3 is 19.8 Å². The fourth-order valence-corrected chi connectivity index (χ4v) is 4.77. The van der Waals surface area contributed by atoms with E-state index in [2.05, 4.69) is 10.6 Å². The van der Waals surface area contributed by atoms with E-state index in [1.807, 2.05) is 0 Å². The maximum Gasteiger partial charge on any atom is 0.291 e. The molecule has 0 aliphatic heterocycles. The predicted molar refractivity (Wildman–Crippen MR) is 131 cm³/mol. The van der Waals surface area contributed by atoms with Crippen LogP contribution in [0.4, 0.5) is 11.4 Å². The second-order valence-corrected chi connectivity index (χ2v) is 9.52. The third-order valence-electron chi connectivity index (χ3n) is 5.16. The van der Waals surface area contributed by atoms with Crippen LogP contribution in [0.15, 0.2) is 101 Å². The first-order valence-electron chi connectivity index (χ1n) is 10.6. The number of hydrogen-bond donors (Lipinski definition) is 2. The number of anilines is 2. The minimum absolute atomic E-state index is 0.0949. The summed E-state index contributed by atoms with van der Waals surface area (Å²) in [7, 11) is -2.13. The zero-order chi connectivity index (χ0) is 24.8. The SMILES string of the molecule is COc1ccccc1NC(=O)c1ccc(NC(=O)c2occc2CS(=O)(=O)c2ccccc2)cc1. The molecule has 0 saturated heterocycles. The van der Waals surface area contributed by atoms with Crippen molar-refractivity contribution in [3.05, 3.63) is 108 Å². The number of rotatable bonds is 8. The van der Waals surface area contributed by atoms with E-state index >= 15 is 0 Å². The van der Waals surface area contributed by atoms with E-state index < -0.39 is 15.7 Å². The molecule has 0 aliphatic rings. The largest absolute Gasteiger partial charge is 0.495 e. The molecule has 8 nitrogen and oxygen atoms in total. The lowest BCUT2D eigenvalue weighted by Crippen LogP contribution is -2.15. The number of methoxy groups -OCH3 is 1. The summed E-state index contributed by atoms with van der Waals surface area (Å²) in [5.41, 5.74) is 1.57. The Kier molecular flexibility index (Phi) is 6.98. The van der Waals surface area contributed by atoms with Gasteiger partial charge in [0.25, 0.3) is 11.8 Å². The average molecular weight is 491 g/mol. The normalized spacial score (nSPS) is 11.0. The van der Waals surface area contributed by atoms with E-state index in [9.17, 15) is 18.0 Å². The van der Waals surface area contributed by atoms with Gasteiger partial charge in [0.05, 0.1) is 29.7 Å². The molecule has 178 valence electrons. The molecule has 0 aliphatic carbocycles. The Morgan fingerprint density at radius 2 is 1.51 bits per heavy atom. The lowest BCUT2D eigenvalue weighted by molar-refractivity contribution is 0.0994. The summed E-state index contributed by atoms with van der Waals surface area (Å²) in [5, 5.41) is 5.44. The zero-order valence-electron chi connectivity index (χ0n) is 18.7. The van der Waals surface area contributed by atoms with Crippen LogP contribution in [0, 0.1) is 0 Å². The van der Waals surface area contributed by atoms with Gasteiger partial charge in [-0.05, 0) is 54.6 Å². The minimum atomic E-state index is -3.65. The molecule has 4 rings (SSSR count). The monoisotopic (exact) mass is 490 g/mol. The molecule has 0 atom stereocenters. The number of ether oxygens (including phenoxy) is 1. The van der Waals surface area contributed by atoms with Crippen molar-refractivity contribution in [3.63, 3.8) is 0 Å². The molecule has 2 amide bonds. The van der Waals surface area contributed by atoms with E-state index in [0.717, 1.165) is 0 Å². The molecule has 0 radical (unpaired) electrons. The molecule has 0 fully saturated rings. The van der Waals surface area contributed by atoms with E-state index in [0.29, 0.717) is 22.7 Å². The van der Waals surface area contributed by atoms with Gasteiger partial charge >= 0.3 is 0 Å². The van der Waals surface area contributed by atoms with Crippen molar-refractivity contribution >= 4 is 33.0 Å². The van der Waals surface area contributed by atoms with Gasteiger partial charge in [0.1, 0.15) is 5.75 Å². The Morgan fingerprint density at radius 1 is 0.829 bits per heavy atom. The highest BCUT2D eigenvalue weighted by Gasteiger charge is 2.22. The number of furan rings is 1. The van der Waals surface area contributed by atoms with Crippen LogP contribution < -0.4 is 15.4 Å². The van der Waals surface area contributed by atoms with Gasteiger partial charge in [0.2, 0.25) is 0 Å². The second-order valence-electron chi connectivity index (χ2n) is 7.53. The summed E-state index contributed by atoms with van der Waals surface area (Å²) in [6, 6.07) is 22.8. The maximum atomic E-state index is 12.8.